The van der Waals surface area contributed by atoms with E-state index in [-0.39, 0.29) is 12.3 Å². The maximum absolute atomic E-state index is 11.8. The summed E-state index contributed by atoms with van der Waals surface area (Å²) in [5, 5.41) is 9.33. The minimum atomic E-state index is -3.50. The number of carbonyl (C=O) groups excluding carboxylic acids is 1. The summed E-state index contributed by atoms with van der Waals surface area (Å²) in [6.07, 6.45) is -0.206. The molecule has 1 rings (SSSR count). The van der Waals surface area contributed by atoms with Crippen LogP contribution >= 0.6 is 0 Å². The lowest BCUT2D eigenvalue weighted by molar-refractivity contribution is 0.0600. The van der Waals surface area contributed by atoms with E-state index in [1.165, 1.54) is 19.2 Å². The van der Waals surface area contributed by atoms with Crippen LogP contribution in [0.25, 0.3) is 0 Å². The van der Waals surface area contributed by atoms with Crippen LogP contribution in [0.15, 0.2) is 24.3 Å². The lowest BCUT2D eigenvalue weighted by atomic mass is 10.1. The number of benzene rings is 1. The number of aliphatic hydroxyl groups is 1. The second-order valence-corrected chi connectivity index (χ2v) is 6.16. The lowest BCUT2D eigenvalue weighted by Gasteiger charge is -2.10. The minimum Gasteiger partial charge on any atom is -0.465 e. The summed E-state index contributed by atoms with van der Waals surface area (Å²) in [5.41, 5.74) is 0.916. The number of methoxy groups -OCH3 is 1. The van der Waals surface area contributed by atoms with Crippen molar-refractivity contribution in [2.45, 2.75) is 25.2 Å². The molecule has 112 valence electrons. The molecule has 1 atom stereocenters. The zero-order valence-electron chi connectivity index (χ0n) is 11.5. The van der Waals surface area contributed by atoms with Gasteiger partial charge in [0.1, 0.15) is 0 Å². The van der Waals surface area contributed by atoms with Crippen LogP contribution in [0.5, 0.6) is 0 Å². The van der Waals surface area contributed by atoms with Crippen molar-refractivity contribution in [3.8, 4) is 0 Å². The van der Waals surface area contributed by atoms with Gasteiger partial charge in [-0.3, -0.25) is 0 Å². The molecule has 0 saturated carbocycles. The Morgan fingerprint density at radius 3 is 2.45 bits per heavy atom. The third kappa shape index (κ3) is 5.28. The molecule has 2 N–H and O–H groups in total. The first-order chi connectivity index (χ1) is 9.38. The number of nitrogens with one attached hydrogen (secondary N) is 1. The Labute approximate surface area is 118 Å². The summed E-state index contributed by atoms with van der Waals surface area (Å²) in [6, 6.07) is 6.14. The molecular weight excluding hydrogens is 282 g/mol. The van der Waals surface area contributed by atoms with E-state index >= 15 is 0 Å². The number of aliphatic hydroxyl groups excluding tert-OH is 1. The Morgan fingerprint density at radius 2 is 1.95 bits per heavy atom. The molecule has 0 saturated heterocycles. The summed E-state index contributed by atoms with van der Waals surface area (Å²) in [6.45, 7) is 1.77. The van der Waals surface area contributed by atoms with Crippen LogP contribution in [0.3, 0.4) is 0 Å². The van der Waals surface area contributed by atoms with Crippen LogP contribution in [0.1, 0.15) is 29.3 Å². The summed E-state index contributed by atoms with van der Waals surface area (Å²) in [5.74, 6) is -0.672. The summed E-state index contributed by atoms with van der Waals surface area (Å²) in [4.78, 5) is 11.2. The van der Waals surface area contributed by atoms with E-state index in [0.717, 1.165) is 0 Å². The van der Waals surface area contributed by atoms with Crippen molar-refractivity contribution in [2.24, 2.45) is 0 Å². The van der Waals surface area contributed by atoms with Crippen molar-refractivity contribution < 1.29 is 23.1 Å². The molecule has 0 bridgehead atoms. The number of esters is 1. The number of ether oxygens (including phenoxy) is 1. The van der Waals surface area contributed by atoms with Crippen molar-refractivity contribution in [3.05, 3.63) is 35.4 Å². The second kappa shape index (κ2) is 7.37. The molecule has 6 nitrogen and oxygen atoms in total. The standard InChI is InChI=1S/C13H19NO5S/c1-3-12(15)8-14-20(17,18)9-10-4-6-11(7-5-10)13(16)19-2/h4-7,12,14-15H,3,8-9H2,1-2H3. The Morgan fingerprint density at radius 1 is 1.35 bits per heavy atom. The first kappa shape index (κ1) is 16.6. The van der Waals surface area contributed by atoms with Crippen molar-refractivity contribution in [3.63, 3.8) is 0 Å². The molecule has 7 heteroatoms. The van der Waals surface area contributed by atoms with Gasteiger partial charge in [0.15, 0.2) is 0 Å². The molecule has 1 unspecified atom stereocenters. The van der Waals surface area contributed by atoms with E-state index in [1.807, 2.05) is 0 Å². The largest absolute Gasteiger partial charge is 0.465 e. The molecule has 0 amide bonds. The van der Waals surface area contributed by atoms with E-state index in [1.54, 1.807) is 19.1 Å². The van der Waals surface area contributed by atoms with Gasteiger partial charge in [-0.1, -0.05) is 19.1 Å². The molecule has 0 aliphatic heterocycles. The third-order valence-electron chi connectivity index (χ3n) is 2.74. The van der Waals surface area contributed by atoms with Crippen molar-refractivity contribution >= 4 is 16.0 Å². The zero-order valence-corrected chi connectivity index (χ0v) is 12.3. The predicted molar refractivity (Wildman–Crippen MR) is 74.7 cm³/mol. The molecular formula is C13H19NO5S. The summed E-state index contributed by atoms with van der Waals surface area (Å²) in [7, 11) is -2.22. The fraction of sp³-hybridized carbons (Fsp3) is 0.462. The monoisotopic (exact) mass is 301 g/mol. The molecule has 0 radical (unpaired) electrons. The van der Waals surface area contributed by atoms with Gasteiger partial charge in [0, 0.05) is 6.54 Å². The highest BCUT2D eigenvalue weighted by Gasteiger charge is 2.14. The number of hydrogen-bond acceptors (Lipinski definition) is 5. The van der Waals surface area contributed by atoms with E-state index in [4.69, 9.17) is 0 Å². The van der Waals surface area contributed by atoms with Crippen molar-refractivity contribution in [1.82, 2.24) is 4.72 Å². The highest BCUT2D eigenvalue weighted by atomic mass is 32.2. The number of sulfonamides is 1. The van der Waals surface area contributed by atoms with Gasteiger partial charge >= 0.3 is 5.97 Å². The van der Waals surface area contributed by atoms with E-state index in [9.17, 15) is 18.3 Å². The molecule has 1 aromatic carbocycles. The highest BCUT2D eigenvalue weighted by Crippen LogP contribution is 2.09. The summed E-state index contributed by atoms with van der Waals surface area (Å²) >= 11 is 0. The van der Waals surface area contributed by atoms with Crippen LogP contribution in [0.4, 0.5) is 0 Å². The molecule has 0 aliphatic rings. The maximum atomic E-state index is 11.8. The van der Waals surface area contributed by atoms with Gasteiger partial charge in [-0.25, -0.2) is 17.9 Å². The molecule has 20 heavy (non-hydrogen) atoms. The van der Waals surface area contributed by atoms with E-state index < -0.39 is 22.1 Å². The topological polar surface area (TPSA) is 92.7 Å². The van der Waals surface area contributed by atoms with Gasteiger partial charge in [0.05, 0.1) is 24.5 Å². The van der Waals surface area contributed by atoms with Crippen LogP contribution in [0.2, 0.25) is 0 Å². The molecule has 0 fully saturated rings. The average Bonchev–Trinajstić information content (AvgIpc) is 2.44. The van der Waals surface area contributed by atoms with Gasteiger partial charge in [-0.05, 0) is 24.1 Å². The first-order valence-electron chi connectivity index (χ1n) is 6.20. The second-order valence-electron chi connectivity index (χ2n) is 4.36. The number of rotatable bonds is 7. The molecule has 0 aromatic heterocycles. The molecule has 0 spiro atoms. The van der Waals surface area contributed by atoms with Crippen LogP contribution < -0.4 is 4.72 Å². The van der Waals surface area contributed by atoms with Gasteiger partial charge in [-0.2, -0.15) is 0 Å². The van der Waals surface area contributed by atoms with Gasteiger partial charge < -0.3 is 9.84 Å². The molecule has 1 aromatic rings. The summed E-state index contributed by atoms with van der Waals surface area (Å²) < 4.78 is 30.5. The fourth-order valence-corrected chi connectivity index (χ4v) is 2.67. The minimum absolute atomic E-state index is 0.000915. The van der Waals surface area contributed by atoms with Crippen LogP contribution in [-0.4, -0.2) is 39.3 Å². The quantitative estimate of drug-likeness (QED) is 0.722. The van der Waals surface area contributed by atoms with E-state index in [0.29, 0.717) is 17.5 Å². The van der Waals surface area contributed by atoms with Gasteiger partial charge in [0.25, 0.3) is 0 Å². The van der Waals surface area contributed by atoms with Gasteiger partial charge in [-0.15, -0.1) is 0 Å². The zero-order chi connectivity index (χ0) is 15.2. The average molecular weight is 301 g/mol. The molecule has 0 heterocycles. The Hall–Kier alpha value is -1.44. The Bertz CT molecular complexity index is 538. The third-order valence-corrected chi connectivity index (χ3v) is 4.06. The Kier molecular flexibility index (Phi) is 6.12. The van der Waals surface area contributed by atoms with Crippen molar-refractivity contribution in [2.75, 3.05) is 13.7 Å². The van der Waals surface area contributed by atoms with Gasteiger partial charge in [0.2, 0.25) is 10.0 Å². The fourth-order valence-electron chi connectivity index (χ4n) is 1.49. The predicted octanol–water partition coefficient (Wildman–Crippen LogP) is 0.663. The maximum Gasteiger partial charge on any atom is 0.337 e. The van der Waals surface area contributed by atoms with E-state index in [2.05, 4.69) is 9.46 Å². The van der Waals surface area contributed by atoms with Crippen molar-refractivity contribution in [1.29, 1.82) is 0 Å². The number of carbonyl (C=O) groups is 1. The van der Waals surface area contributed by atoms with Crippen LogP contribution in [0, 0.1) is 0 Å². The normalized spacial score (nSPS) is 12.9. The number of hydrogen-bond donors (Lipinski definition) is 2. The first-order valence-corrected chi connectivity index (χ1v) is 7.86. The smallest absolute Gasteiger partial charge is 0.337 e. The van der Waals surface area contributed by atoms with Crippen LogP contribution in [-0.2, 0) is 20.5 Å². The Balaban J connectivity index is 2.66. The SMILES string of the molecule is CCC(O)CNS(=O)(=O)Cc1ccc(C(=O)OC)cc1. The highest BCUT2D eigenvalue weighted by molar-refractivity contribution is 7.88. The lowest BCUT2D eigenvalue weighted by Crippen LogP contribution is -2.32. The molecule has 0 aliphatic carbocycles.